The van der Waals surface area contributed by atoms with Crippen LogP contribution in [0.4, 0.5) is 5.82 Å². The SMILES string of the molecule is COCCc1onc(N)c1-c1ccc(Cl)cc1. The molecule has 0 fully saturated rings. The van der Waals surface area contributed by atoms with E-state index in [1.54, 1.807) is 7.11 Å². The molecule has 1 aromatic heterocycles. The number of hydrogen-bond acceptors (Lipinski definition) is 4. The molecule has 17 heavy (non-hydrogen) atoms. The number of nitrogen functional groups attached to an aromatic ring is 1. The molecule has 0 bridgehead atoms. The zero-order valence-corrected chi connectivity index (χ0v) is 10.2. The average molecular weight is 253 g/mol. The number of halogens is 1. The van der Waals surface area contributed by atoms with Gasteiger partial charge >= 0.3 is 0 Å². The Kier molecular flexibility index (Phi) is 3.66. The molecular weight excluding hydrogens is 240 g/mol. The number of rotatable bonds is 4. The number of anilines is 1. The Labute approximate surface area is 104 Å². The lowest BCUT2D eigenvalue weighted by Crippen LogP contribution is -1.96. The van der Waals surface area contributed by atoms with Gasteiger partial charge in [-0.05, 0) is 17.7 Å². The molecule has 1 heterocycles. The van der Waals surface area contributed by atoms with E-state index in [1.165, 1.54) is 0 Å². The summed E-state index contributed by atoms with van der Waals surface area (Å²) in [5, 5.41) is 4.47. The number of nitrogens with zero attached hydrogens (tertiary/aromatic N) is 1. The van der Waals surface area contributed by atoms with Crippen LogP contribution in [0.1, 0.15) is 5.76 Å². The topological polar surface area (TPSA) is 61.3 Å². The van der Waals surface area contributed by atoms with E-state index in [2.05, 4.69) is 5.16 Å². The number of nitrogens with two attached hydrogens (primary N) is 1. The molecule has 0 aliphatic heterocycles. The zero-order valence-electron chi connectivity index (χ0n) is 9.44. The van der Waals surface area contributed by atoms with Crippen LogP contribution in [0.2, 0.25) is 5.02 Å². The van der Waals surface area contributed by atoms with Crippen molar-refractivity contribution in [2.24, 2.45) is 0 Å². The van der Waals surface area contributed by atoms with Gasteiger partial charge in [-0.3, -0.25) is 0 Å². The van der Waals surface area contributed by atoms with Crippen LogP contribution in [-0.2, 0) is 11.2 Å². The minimum absolute atomic E-state index is 0.387. The van der Waals surface area contributed by atoms with Crippen molar-refractivity contribution in [3.8, 4) is 11.1 Å². The summed E-state index contributed by atoms with van der Waals surface area (Å²) in [5.41, 5.74) is 7.57. The Morgan fingerprint density at radius 2 is 2.06 bits per heavy atom. The predicted molar refractivity (Wildman–Crippen MR) is 66.9 cm³/mol. The molecule has 0 amide bonds. The smallest absolute Gasteiger partial charge is 0.175 e. The number of ether oxygens (including phenoxy) is 1. The first-order valence-corrected chi connectivity index (χ1v) is 5.59. The maximum atomic E-state index is 5.85. The molecule has 5 heteroatoms. The molecule has 0 aliphatic rings. The summed E-state index contributed by atoms with van der Waals surface area (Å²) in [6, 6.07) is 7.40. The van der Waals surface area contributed by atoms with Gasteiger partial charge in [0.1, 0.15) is 5.76 Å². The maximum absolute atomic E-state index is 5.85. The van der Waals surface area contributed by atoms with E-state index in [4.69, 9.17) is 26.6 Å². The van der Waals surface area contributed by atoms with Crippen molar-refractivity contribution in [3.05, 3.63) is 35.0 Å². The van der Waals surface area contributed by atoms with Gasteiger partial charge in [0, 0.05) is 18.6 Å². The Hall–Kier alpha value is -1.52. The third-order valence-corrected chi connectivity index (χ3v) is 2.71. The first-order chi connectivity index (χ1) is 8.22. The quantitative estimate of drug-likeness (QED) is 0.909. The van der Waals surface area contributed by atoms with E-state index in [0.717, 1.165) is 16.9 Å². The molecular formula is C12H13ClN2O2. The fourth-order valence-corrected chi connectivity index (χ4v) is 1.76. The van der Waals surface area contributed by atoms with Crippen LogP contribution < -0.4 is 5.73 Å². The van der Waals surface area contributed by atoms with Gasteiger partial charge in [-0.15, -0.1) is 0 Å². The van der Waals surface area contributed by atoms with Gasteiger partial charge in [0.25, 0.3) is 0 Å². The van der Waals surface area contributed by atoms with Crippen molar-refractivity contribution >= 4 is 17.4 Å². The Balaban J connectivity index is 2.36. The second-order valence-electron chi connectivity index (χ2n) is 3.62. The average Bonchev–Trinajstić information content (AvgIpc) is 2.69. The molecule has 0 saturated heterocycles. The fourth-order valence-electron chi connectivity index (χ4n) is 1.63. The lowest BCUT2D eigenvalue weighted by Gasteiger charge is -2.02. The molecule has 0 saturated carbocycles. The molecule has 4 nitrogen and oxygen atoms in total. The Morgan fingerprint density at radius 3 is 2.71 bits per heavy atom. The van der Waals surface area contributed by atoms with E-state index < -0.39 is 0 Å². The van der Waals surface area contributed by atoms with E-state index in [1.807, 2.05) is 24.3 Å². The van der Waals surface area contributed by atoms with Gasteiger partial charge in [-0.2, -0.15) is 0 Å². The van der Waals surface area contributed by atoms with Crippen molar-refractivity contribution in [2.45, 2.75) is 6.42 Å². The summed E-state index contributed by atoms with van der Waals surface area (Å²) in [6.45, 7) is 0.565. The molecule has 0 unspecified atom stereocenters. The normalized spacial score (nSPS) is 10.7. The van der Waals surface area contributed by atoms with Crippen molar-refractivity contribution in [3.63, 3.8) is 0 Å². The van der Waals surface area contributed by atoms with Crippen molar-refractivity contribution in [1.82, 2.24) is 5.16 Å². The van der Waals surface area contributed by atoms with Gasteiger partial charge in [-0.1, -0.05) is 28.9 Å². The number of benzene rings is 1. The van der Waals surface area contributed by atoms with Gasteiger partial charge in [-0.25, -0.2) is 0 Å². The molecule has 90 valence electrons. The minimum Gasteiger partial charge on any atom is -0.384 e. The van der Waals surface area contributed by atoms with E-state index >= 15 is 0 Å². The summed E-state index contributed by atoms with van der Waals surface area (Å²) in [4.78, 5) is 0. The third-order valence-electron chi connectivity index (χ3n) is 2.46. The first kappa shape index (κ1) is 12.0. The summed E-state index contributed by atoms with van der Waals surface area (Å²) < 4.78 is 10.2. The van der Waals surface area contributed by atoms with Crippen molar-refractivity contribution < 1.29 is 9.26 Å². The molecule has 2 aromatic rings. The van der Waals surface area contributed by atoms with Crippen LogP contribution in [0.5, 0.6) is 0 Å². The third kappa shape index (κ3) is 2.60. The summed E-state index contributed by atoms with van der Waals surface area (Å²) in [5.74, 6) is 1.12. The highest BCUT2D eigenvalue weighted by molar-refractivity contribution is 6.30. The highest BCUT2D eigenvalue weighted by Crippen LogP contribution is 2.30. The highest BCUT2D eigenvalue weighted by atomic mass is 35.5. The lowest BCUT2D eigenvalue weighted by atomic mass is 10.0. The molecule has 0 aliphatic carbocycles. The van der Waals surface area contributed by atoms with Gasteiger partial charge in [0.2, 0.25) is 0 Å². The second-order valence-corrected chi connectivity index (χ2v) is 4.05. The van der Waals surface area contributed by atoms with Crippen LogP contribution in [0.3, 0.4) is 0 Å². The standard InChI is InChI=1S/C12H13ClN2O2/c1-16-7-6-10-11(12(14)15-17-10)8-2-4-9(13)5-3-8/h2-5H,6-7H2,1H3,(H2,14,15). The Bertz CT molecular complexity index is 494. The van der Waals surface area contributed by atoms with E-state index in [-0.39, 0.29) is 0 Å². The highest BCUT2D eigenvalue weighted by Gasteiger charge is 2.15. The van der Waals surface area contributed by atoms with Gasteiger partial charge in [0.15, 0.2) is 5.82 Å². The summed E-state index contributed by atoms with van der Waals surface area (Å²) in [6.07, 6.45) is 0.638. The minimum atomic E-state index is 0.387. The maximum Gasteiger partial charge on any atom is 0.175 e. The predicted octanol–water partition coefficient (Wildman–Crippen LogP) is 2.77. The summed E-state index contributed by atoms with van der Waals surface area (Å²) >= 11 is 5.85. The summed E-state index contributed by atoms with van der Waals surface area (Å²) in [7, 11) is 1.64. The van der Waals surface area contributed by atoms with Crippen molar-refractivity contribution in [1.29, 1.82) is 0 Å². The molecule has 0 radical (unpaired) electrons. The zero-order chi connectivity index (χ0) is 12.3. The molecule has 2 N–H and O–H groups in total. The number of methoxy groups -OCH3 is 1. The van der Waals surface area contributed by atoms with E-state index in [0.29, 0.717) is 23.9 Å². The van der Waals surface area contributed by atoms with E-state index in [9.17, 15) is 0 Å². The van der Waals surface area contributed by atoms with Crippen LogP contribution in [0, 0.1) is 0 Å². The first-order valence-electron chi connectivity index (χ1n) is 5.21. The lowest BCUT2D eigenvalue weighted by molar-refractivity contribution is 0.193. The molecule has 2 rings (SSSR count). The van der Waals surface area contributed by atoms with Crippen LogP contribution >= 0.6 is 11.6 Å². The van der Waals surface area contributed by atoms with Crippen LogP contribution in [0.15, 0.2) is 28.8 Å². The molecule has 0 atom stereocenters. The largest absolute Gasteiger partial charge is 0.384 e. The van der Waals surface area contributed by atoms with Gasteiger partial charge < -0.3 is 15.0 Å². The molecule has 0 spiro atoms. The van der Waals surface area contributed by atoms with Gasteiger partial charge in [0.05, 0.1) is 12.2 Å². The number of aromatic nitrogens is 1. The number of hydrogen-bond donors (Lipinski definition) is 1. The van der Waals surface area contributed by atoms with Crippen LogP contribution in [0.25, 0.3) is 11.1 Å². The fraction of sp³-hybridized carbons (Fsp3) is 0.250. The van der Waals surface area contributed by atoms with Crippen LogP contribution in [-0.4, -0.2) is 18.9 Å². The Morgan fingerprint density at radius 1 is 1.35 bits per heavy atom. The monoisotopic (exact) mass is 252 g/mol. The van der Waals surface area contributed by atoms with Crippen molar-refractivity contribution in [2.75, 3.05) is 19.5 Å². The second kappa shape index (κ2) is 5.21. The molecule has 1 aromatic carbocycles.